The number of ether oxygens (including phenoxy) is 2. The molecule has 1 aliphatic heterocycles. The fraction of sp³-hybridized carbons (Fsp3) is 0.250. The van der Waals surface area contributed by atoms with Crippen molar-refractivity contribution < 1.29 is 18.8 Å². The van der Waals surface area contributed by atoms with Crippen LogP contribution in [0.5, 0.6) is 11.5 Å². The molecule has 28 heavy (non-hydrogen) atoms. The van der Waals surface area contributed by atoms with E-state index in [2.05, 4.69) is 10.1 Å². The van der Waals surface area contributed by atoms with Crippen LogP contribution >= 0.6 is 11.6 Å². The molecule has 0 aliphatic carbocycles. The smallest absolute Gasteiger partial charge is 0.259 e. The van der Waals surface area contributed by atoms with Crippen molar-refractivity contribution in [3.8, 4) is 23.0 Å². The van der Waals surface area contributed by atoms with Gasteiger partial charge in [0.15, 0.2) is 17.3 Å². The van der Waals surface area contributed by atoms with Gasteiger partial charge in [-0.15, -0.1) is 0 Å². The Hall–Kier alpha value is -3.06. The summed E-state index contributed by atoms with van der Waals surface area (Å²) in [6, 6.07) is 12.6. The summed E-state index contributed by atoms with van der Waals surface area (Å²) in [7, 11) is 3.13. The number of aromatic nitrogens is 2. The maximum Gasteiger partial charge on any atom is 0.259 e. The molecule has 3 aromatic rings. The van der Waals surface area contributed by atoms with Crippen molar-refractivity contribution in [1.82, 2.24) is 10.1 Å². The quantitative estimate of drug-likeness (QED) is 0.647. The van der Waals surface area contributed by atoms with Gasteiger partial charge in [-0.2, -0.15) is 4.98 Å². The van der Waals surface area contributed by atoms with Gasteiger partial charge in [0.1, 0.15) is 0 Å². The van der Waals surface area contributed by atoms with Gasteiger partial charge in [0.2, 0.25) is 5.91 Å². The van der Waals surface area contributed by atoms with E-state index in [1.165, 1.54) is 0 Å². The number of hydrogen-bond donors (Lipinski definition) is 0. The molecule has 8 heteroatoms. The minimum atomic E-state index is -0.166. The number of anilines is 1. The zero-order chi connectivity index (χ0) is 19.7. The van der Waals surface area contributed by atoms with Crippen LogP contribution in [0.15, 0.2) is 47.0 Å². The van der Waals surface area contributed by atoms with Gasteiger partial charge < -0.3 is 18.9 Å². The minimum Gasteiger partial charge on any atom is -0.493 e. The molecule has 0 bridgehead atoms. The summed E-state index contributed by atoms with van der Waals surface area (Å²) >= 11 is 6.20. The molecule has 0 radical (unpaired) electrons. The molecule has 0 spiro atoms. The number of amides is 1. The standard InChI is InChI=1S/C20H18ClN3O4/c1-26-16-8-7-13(10-17(16)27-2)24-11-12(9-18(24)25)19-22-20(28-23-19)14-5-3-4-6-15(14)21/h3-8,10,12H,9,11H2,1-2H3/t12-/m1/s1. The molecule has 7 nitrogen and oxygen atoms in total. The molecule has 1 aliphatic rings. The fourth-order valence-electron chi connectivity index (χ4n) is 3.27. The summed E-state index contributed by atoms with van der Waals surface area (Å²) in [4.78, 5) is 18.7. The molecular formula is C20H18ClN3O4. The first kappa shape index (κ1) is 18.3. The number of halogens is 1. The van der Waals surface area contributed by atoms with E-state index in [0.29, 0.717) is 46.8 Å². The van der Waals surface area contributed by atoms with Crippen LogP contribution in [-0.2, 0) is 4.79 Å². The Balaban J connectivity index is 1.57. The van der Waals surface area contributed by atoms with Crippen LogP contribution in [0.2, 0.25) is 5.02 Å². The molecule has 0 unspecified atom stereocenters. The monoisotopic (exact) mass is 399 g/mol. The lowest BCUT2D eigenvalue weighted by Crippen LogP contribution is -2.24. The van der Waals surface area contributed by atoms with Crippen molar-refractivity contribution in [2.24, 2.45) is 0 Å². The van der Waals surface area contributed by atoms with Gasteiger partial charge in [-0.25, -0.2) is 0 Å². The molecule has 0 N–H and O–H groups in total. The lowest BCUT2D eigenvalue weighted by atomic mass is 10.1. The van der Waals surface area contributed by atoms with Crippen molar-refractivity contribution in [2.45, 2.75) is 12.3 Å². The Morgan fingerprint density at radius 3 is 2.68 bits per heavy atom. The van der Waals surface area contributed by atoms with Gasteiger partial charge in [-0.1, -0.05) is 28.9 Å². The van der Waals surface area contributed by atoms with Crippen LogP contribution in [0.4, 0.5) is 5.69 Å². The third-order valence-electron chi connectivity index (χ3n) is 4.71. The van der Waals surface area contributed by atoms with E-state index in [4.69, 9.17) is 25.6 Å². The van der Waals surface area contributed by atoms with Crippen molar-refractivity contribution in [3.63, 3.8) is 0 Å². The predicted molar refractivity (Wildman–Crippen MR) is 104 cm³/mol. The second-order valence-corrected chi connectivity index (χ2v) is 6.79. The van der Waals surface area contributed by atoms with Gasteiger partial charge in [0.05, 0.1) is 24.8 Å². The molecular weight excluding hydrogens is 382 g/mol. The molecule has 1 atom stereocenters. The van der Waals surface area contributed by atoms with E-state index in [1.807, 2.05) is 24.3 Å². The highest BCUT2D eigenvalue weighted by Gasteiger charge is 2.35. The first-order chi connectivity index (χ1) is 13.6. The maximum atomic E-state index is 12.6. The van der Waals surface area contributed by atoms with Gasteiger partial charge in [-0.3, -0.25) is 4.79 Å². The summed E-state index contributed by atoms with van der Waals surface area (Å²) < 4.78 is 16.0. The van der Waals surface area contributed by atoms with Crippen LogP contribution in [0.3, 0.4) is 0 Å². The largest absolute Gasteiger partial charge is 0.493 e. The second kappa shape index (κ2) is 7.52. The molecule has 1 aromatic heterocycles. The van der Waals surface area contributed by atoms with Crippen LogP contribution in [0.1, 0.15) is 18.2 Å². The Morgan fingerprint density at radius 2 is 1.93 bits per heavy atom. The maximum absolute atomic E-state index is 12.6. The van der Waals surface area contributed by atoms with E-state index in [9.17, 15) is 4.79 Å². The number of rotatable bonds is 5. The SMILES string of the molecule is COc1ccc(N2C[C@H](c3noc(-c4ccccc4Cl)n3)CC2=O)cc1OC. The van der Waals surface area contributed by atoms with E-state index in [1.54, 1.807) is 37.3 Å². The third-order valence-corrected chi connectivity index (χ3v) is 5.04. The molecule has 4 rings (SSSR count). The average molecular weight is 400 g/mol. The Bertz CT molecular complexity index is 1020. The molecule has 1 saturated heterocycles. The molecule has 1 fully saturated rings. The van der Waals surface area contributed by atoms with E-state index < -0.39 is 0 Å². The number of benzene rings is 2. The van der Waals surface area contributed by atoms with Crippen molar-refractivity contribution in [2.75, 3.05) is 25.7 Å². The lowest BCUT2D eigenvalue weighted by Gasteiger charge is -2.18. The van der Waals surface area contributed by atoms with Crippen LogP contribution in [-0.4, -0.2) is 36.8 Å². The number of carbonyl (C=O) groups is 1. The molecule has 0 saturated carbocycles. The number of carbonyl (C=O) groups excluding carboxylic acids is 1. The number of methoxy groups -OCH3 is 2. The highest BCUT2D eigenvalue weighted by Crippen LogP contribution is 2.36. The zero-order valence-electron chi connectivity index (χ0n) is 15.4. The highest BCUT2D eigenvalue weighted by molar-refractivity contribution is 6.33. The molecule has 2 heterocycles. The summed E-state index contributed by atoms with van der Waals surface area (Å²) in [5.74, 6) is 1.83. The first-order valence-electron chi connectivity index (χ1n) is 8.71. The molecule has 1 amide bonds. The van der Waals surface area contributed by atoms with Gasteiger partial charge >= 0.3 is 0 Å². The predicted octanol–water partition coefficient (Wildman–Crippen LogP) is 3.93. The first-order valence-corrected chi connectivity index (χ1v) is 9.09. The van der Waals surface area contributed by atoms with Crippen molar-refractivity contribution >= 4 is 23.2 Å². The number of nitrogens with zero attached hydrogens (tertiary/aromatic N) is 3. The van der Waals surface area contributed by atoms with Gasteiger partial charge in [0.25, 0.3) is 5.89 Å². The second-order valence-electron chi connectivity index (χ2n) is 6.38. The van der Waals surface area contributed by atoms with Gasteiger partial charge in [0, 0.05) is 30.6 Å². The van der Waals surface area contributed by atoms with E-state index >= 15 is 0 Å². The van der Waals surface area contributed by atoms with Crippen molar-refractivity contribution in [1.29, 1.82) is 0 Å². The van der Waals surface area contributed by atoms with E-state index in [-0.39, 0.29) is 11.8 Å². The van der Waals surface area contributed by atoms with Crippen molar-refractivity contribution in [3.05, 3.63) is 53.3 Å². The fourth-order valence-corrected chi connectivity index (χ4v) is 3.48. The molecule has 2 aromatic carbocycles. The van der Waals surface area contributed by atoms with Crippen LogP contribution in [0, 0.1) is 0 Å². The Morgan fingerprint density at radius 1 is 1.14 bits per heavy atom. The van der Waals surface area contributed by atoms with Gasteiger partial charge in [-0.05, 0) is 24.3 Å². The van der Waals surface area contributed by atoms with E-state index in [0.717, 1.165) is 5.69 Å². The van der Waals surface area contributed by atoms with Crippen LogP contribution < -0.4 is 14.4 Å². The lowest BCUT2D eigenvalue weighted by molar-refractivity contribution is -0.117. The van der Waals surface area contributed by atoms with Crippen LogP contribution in [0.25, 0.3) is 11.5 Å². The topological polar surface area (TPSA) is 77.7 Å². The summed E-state index contributed by atoms with van der Waals surface area (Å²) in [6.07, 6.45) is 0.301. The highest BCUT2D eigenvalue weighted by atomic mass is 35.5. The normalized spacial score (nSPS) is 16.5. The molecule has 144 valence electrons. The summed E-state index contributed by atoms with van der Waals surface area (Å²) in [6.45, 7) is 0.454. The summed E-state index contributed by atoms with van der Waals surface area (Å²) in [5, 5.41) is 4.61. The Labute approximate surface area is 166 Å². The average Bonchev–Trinajstić information content (AvgIpc) is 3.34. The zero-order valence-corrected chi connectivity index (χ0v) is 16.1. The Kier molecular flexibility index (Phi) is 4.92. The number of hydrogen-bond acceptors (Lipinski definition) is 6. The summed E-state index contributed by atoms with van der Waals surface area (Å²) in [5.41, 5.74) is 1.41. The third kappa shape index (κ3) is 3.29. The minimum absolute atomic E-state index is 0.0127.